The van der Waals surface area contributed by atoms with E-state index in [1.807, 2.05) is 32.0 Å². The van der Waals surface area contributed by atoms with Gasteiger partial charge in [-0.3, -0.25) is 4.79 Å². The van der Waals surface area contributed by atoms with Crippen LogP contribution in [0.5, 0.6) is 11.5 Å². The van der Waals surface area contributed by atoms with Gasteiger partial charge in [-0.05, 0) is 38.5 Å². The fourth-order valence-electron chi connectivity index (χ4n) is 2.06. The molecule has 1 aromatic rings. The maximum Gasteiger partial charge on any atom is 0.224 e. The number of amides is 1. The minimum absolute atomic E-state index is 0.0979. The van der Waals surface area contributed by atoms with E-state index in [0.29, 0.717) is 19.8 Å². The second-order valence-corrected chi connectivity index (χ2v) is 6.11. The van der Waals surface area contributed by atoms with Gasteiger partial charge in [0.2, 0.25) is 5.91 Å². The maximum absolute atomic E-state index is 11.3. The van der Waals surface area contributed by atoms with E-state index in [1.165, 1.54) is 0 Å². The van der Waals surface area contributed by atoms with Gasteiger partial charge in [0.1, 0.15) is 0 Å². The number of nitrogens with two attached hydrogens (primary N) is 1. The van der Waals surface area contributed by atoms with Crippen LogP contribution in [0.1, 0.15) is 38.8 Å². The van der Waals surface area contributed by atoms with Crippen molar-refractivity contribution in [2.24, 2.45) is 11.1 Å². The summed E-state index contributed by atoms with van der Waals surface area (Å²) in [6.07, 6.45) is 0.893. The molecule has 0 bridgehead atoms. The molecule has 2 rings (SSSR count). The molecule has 116 valence electrons. The predicted molar refractivity (Wildman–Crippen MR) is 81.4 cm³/mol. The highest BCUT2D eigenvalue weighted by atomic mass is 16.5. The average molecular weight is 292 g/mol. The average Bonchev–Trinajstić information content (AvgIpc) is 2.69. The molecule has 0 saturated heterocycles. The molecular formula is C16H24N2O3. The second-order valence-electron chi connectivity index (χ2n) is 6.11. The highest BCUT2D eigenvalue weighted by molar-refractivity contribution is 5.80. The molecule has 1 aromatic carbocycles. The summed E-state index contributed by atoms with van der Waals surface area (Å²) in [6, 6.07) is 6.05. The minimum Gasteiger partial charge on any atom is -0.490 e. The first-order valence-electron chi connectivity index (χ1n) is 7.33. The van der Waals surface area contributed by atoms with Crippen LogP contribution in [0, 0.1) is 5.41 Å². The van der Waals surface area contributed by atoms with E-state index < -0.39 is 5.41 Å². The number of carbonyl (C=O) groups excluding carboxylic acids is 1. The molecule has 0 saturated carbocycles. The Kier molecular flexibility index (Phi) is 4.73. The van der Waals surface area contributed by atoms with Gasteiger partial charge in [-0.1, -0.05) is 6.07 Å². The molecule has 1 heterocycles. The van der Waals surface area contributed by atoms with Crippen molar-refractivity contribution in [3.63, 3.8) is 0 Å². The molecule has 3 N–H and O–H groups in total. The van der Waals surface area contributed by atoms with Crippen molar-refractivity contribution < 1.29 is 14.3 Å². The molecule has 5 nitrogen and oxygen atoms in total. The van der Waals surface area contributed by atoms with E-state index in [2.05, 4.69) is 12.2 Å². The van der Waals surface area contributed by atoms with Gasteiger partial charge >= 0.3 is 0 Å². The molecule has 0 aliphatic carbocycles. The van der Waals surface area contributed by atoms with E-state index in [4.69, 9.17) is 15.2 Å². The molecule has 0 spiro atoms. The molecule has 21 heavy (non-hydrogen) atoms. The van der Waals surface area contributed by atoms with Crippen molar-refractivity contribution in [3.05, 3.63) is 23.8 Å². The highest BCUT2D eigenvalue weighted by Crippen LogP contribution is 2.32. The van der Waals surface area contributed by atoms with Crippen LogP contribution in [-0.4, -0.2) is 25.7 Å². The third-order valence-electron chi connectivity index (χ3n) is 3.79. The van der Waals surface area contributed by atoms with E-state index in [1.54, 1.807) is 0 Å². The molecule has 0 fully saturated rings. The Morgan fingerprint density at radius 3 is 2.67 bits per heavy atom. The Hall–Kier alpha value is -1.75. The summed E-state index contributed by atoms with van der Waals surface area (Å²) in [4.78, 5) is 11.3. The first-order chi connectivity index (χ1) is 9.90. The fourth-order valence-corrected chi connectivity index (χ4v) is 2.06. The Bertz CT molecular complexity index is 514. The van der Waals surface area contributed by atoms with Gasteiger partial charge < -0.3 is 20.5 Å². The van der Waals surface area contributed by atoms with Crippen molar-refractivity contribution in [1.82, 2.24) is 5.32 Å². The zero-order valence-corrected chi connectivity index (χ0v) is 12.9. The topological polar surface area (TPSA) is 73.6 Å². The van der Waals surface area contributed by atoms with Gasteiger partial charge in [0.15, 0.2) is 11.5 Å². The smallest absolute Gasteiger partial charge is 0.224 e. The van der Waals surface area contributed by atoms with Crippen LogP contribution in [0.2, 0.25) is 0 Å². The lowest BCUT2D eigenvalue weighted by Crippen LogP contribution is -2.41. The van der Waals surface area contributed by atoms with Crippen LogP contribution in [0.25, 0.3) is 0 Å². The maximum atomic E-state index is 11.3. The number of rotatable bonds is 5. The van der Waals surface area contributed by atoms with Gasteiger partial charge in [0.05, 0.1) is 18.6 Å². The largest absolute Gasteiger partial charge is 0.490 e. The summed E-state index contributed by atoms with van der Waals surface area (Å²) < 4.78 is 11.3. The quantitative estimate of drug-likeness (QED) is 0.870. The molecule has 0 aromatic heterocycles. The first kappa shape index (κ1) is 15.6. The summed E-state index contributed by atoms with van der Waals surface area (Å²) in [7, 11) is 0. The van der Waals surface area contributed by atoms with Crippen LogP contribution in [0.15, 0.2) is 18.2 Å². The number of hydrogen-bond donors (Lipinski definition) is 2. The number of ether oxygens (including phenoxy) is 2. The third kappa shape index (κ3) is 3.88. The zero-order chi connectivity index (χ0) is 15.5. The number of benzene rings is 1. The monoisotopic (exact) mass is 292 g/mol. The van der Waals surface area contributed by atoms with Crippen molar-refractivity contribution in [2.45, 2.75) is 33.2 Å². The number of primary amides is 1. The zero-order valence-electron chi connectivity index (χ0n) is 12.9. The summed E-state index contributed by atoms with van der Waals surface area (Å²) in [5.41, 5.74) is 5.92. The van der Waals surface area contributed by atoms with Crippen LogP contribution < -0.4 is 20.5 Å². The summed E-state index contributed by atoms with van der Waals surface area (Å²) in [5.74, 6) is 1.27. The van der Waals surface area contributed by atoms with Crippen LogP contribution in [0.4, 0.5) is 0 Å². The van der Waals surface area contributed by atoms with Gasteiger partial charge in [0, 0.05) is 19.0 Å². The minimum atomic E-state index is -0.570. The van der Waals surface area contributed by atoms with Crippen molar-refractivity contribution in [2.75, 3.05) is 19.8 Å². The summed E-state index contributed by atoms with van der Waals surface area (Å²) in [6.45, 7) is 7.61. The van der Waals surface area contributed by atoms with Crippen molar-refractivity contribution in [3.8, 4) is 11.5 Å². The van der Waals surface area contributed by atoms with E-state index in [0.717, 1.165) is 23.5 Å². The molecule has 0 radical (unpaired) electrons. The summed E-state index contributed by atoms with van der Waals surface area (Å²) >= 11 is 0. The Morgan fingerprint density at radius 1 is 1.33 bits per heavy atom. The van der Waals surface area contributed by atoms with E-state index >= 15 is 0 Å². The molecule has 1 atom stereocenters. The van der Waals surface area contributed by atoms with Gasteiger partial charge in [0.25, 0.3) is 0 Å². The van der Waals surface area contributed by atoms with Gasteiger partial charge in [-0.25, -0.2) is 0 Å². The molecule has 1 amide bonds. The number of hydrogen-bond acceptors (Lipinski definition) is 4. The Labute approximate surface area is 125 Å². The lowest BCUT2D eigenvalue weighted by molar-refractivity contribution is -0.125. The highest BCUT2D eigenvalue weighted by Gasteiger charge is 2.25. The molecule has 1 aliphatic heterocycles. The van der Waals surface area contributed by atoms with E-state index in [-0.39, 0.29) is 11.9 Å². The molecule has 5 heteroatoms. The first-order valence-corrected chi connectivity index (χ1v) is 7.33. The van der Waals surface area contributed by atoms with Crippen LogP contribution >= 0.6 is 0 Å². The third-order valence-corrected chi connectivity index (χ3v) is 3.79. The Balaban J connectivity index is 2.04. The molecule has 1 unspecified atom stereocenters. The predicted octanol–water partition coefficient (Wildman–Crippen LogP) is 2.01. The lowest BCUT2D eigenvalue weighted by atomic mass is 9.92. The van der Waals surface area contributed by atoms with E-state index in [9.17, 15) is 4.79 Å². The normalized spacial score (nSPS) is 16.1. The fraction of sp³-hybridized carbons (Fsp3) is 0.562. The molecule has 1 aliphatic rings. The number of fused-ring (bicyclic) bond motifs is 1. The standard InChI is InChI=1S/C16H24N2O3/c1-11(18-10-16(2,3)15(17)19)12-5-6-13-14(9-12)21-8-4-7-20-13/h5-6,9,11,18H,4,7-8,10H2,1-3H3,(H2,17,19). The molecular weight excluding hydrogens is 268 g/mol. The van der Waals surface area contributed by atoms with Crippen LogP contribution in [-0.2, 0) is 4.79 Å². The van der Waals surface area contributed by atoms with Crippen molar-refractivity contribution >= 4 is 5.91 Å². The second kappa shape index (κ2) is 6.35. The Morgan fingerprint density at radius 2 is 2.00 bits per heavy atom. The number of nitrogens with one attached hydrogen (secondary N) is 1. The van der Waals surface area contributed by atoms with Gasteiger partial charge in [-0.15, -0.1) is 0 Å². The van der Waals surface area contributed by atoms with Crippen LogP contribution in [0.3, 0.4) is 0 Å². The lowest BCUT2D eigenvalue weighted by Gasteiger charge is -2.24. The number of carbonyl (C=O) groups is 1. The van der Waals surface area contributed by atoms with Crippen molar-refractivity contribution in [1.29, 1.82) is 0 Å². The van der Waals surface area contributed by atoms with Gasteiger partial charge in [-0.2, -0.15) is 0 Å². The summed E-state index contributed by atoms with van der Waals surface area (Å²) in [5, 5.41) is 3.35. The SMILES string of the molecule is CC(NCC(C)(C)C(N)=O)c1ccc2c(c1)OCCCO2.